The normalized spacial score (nSPS) is 12.0. The standard InChI is InChI=1S/C32H34N12/c1-41(2)13-15-43-19-29(37-39-43)23-9-11-25-27(17-23)35-31(33-25)21-5-7-22(8-6-21)32-34-26-12-10-24(18-28(26)36-32)30-20-44(40-38-30)16-14-42(3)4/h5-12,17-20H,13-16H2,1-4H3,(H,33,35)(H,34,36). The van der Waals surface area contributed by atoms with Gasteiger partial charge in [-0.25, -0.2) is 9.97 Å². The predicted molar refractivity (Wildman–Crippen MR) is 172 cm³/mol. The highest BCUT2D eigenvalue weighted by atomic mass is 15.4. The van der Waals surface area contributed by atoms with E-state index in [0.29, 0.717) is 0 Å². The molecule has 0 fully saturated rings. The van der Waals surface area contributed by atoms with Gasteiger partial charge in [0.1, 0.15) is 23.0 Å². The van der Waals surface area contributed by atoms with Crippen molar-refractivity contribution < 1.29 is 0 Å². The molecule has 0 aliphatic carbocycles. The number of benzene rings is 3. The summed E-state index contributed by atoms with van der Waals surface area (Å²) in [6.45, 7) is 3.40. The molecule has 3 aromatic carbocycles. The second-order valence-electron chi connectivity index (χ2n) is 11.6. The Balaban J connectivity index is 1.08. The van der Waals surface area contributed by atoms with E-state index in [1.165, 1.54) is 0 Å². The molecule has 4 aromatic heterocycles. The van der Waals surface area contributed by atoms with Gasteiger partial charge < -0.3 is 19.8 Å². The average Bonchev–Trinajstić information content (AvgIpc) is 3.84. The number of H-pyrrole nitrogens is 2. The third kappa shape index (κ3) is 5.72. The van der Waals surface area contributed by atoms with Crippen molar-refractivity contribution in [1.29, 1.82) is 0 Å². The molecule has 0 bridgehead atoms. The molecule has 0 unspecified atom stereocenters. The molecule has 0 spiro atoms. The molecule has 0 aliphatic heterocycles. The van der Waals surface area contributed by atoms with Crippen molar-refractivity contribution in [2.45, 2.75) is 13.1 Å². The summed E-state index contributed by atoms with van der Waals surface area (Å²) in [5, 5.41) is 17.3. The number of aromatic amines is 2. The maximum absolute atomic E-state index is 4.83. The van der Waals surface area contributed by atoms with Gasteiger partial charge in [-0.1, -0.05) is 46.8 Å². The van der Waals surface area contributed by atoms with Crippen LogP contribution in [0.3, 0.4) is 0 Å². The molecule has 0 saturated carbocycles. The van der Waals surface area contributed by atoms with E-state index < -0.39 is 0 Å². The first-order valence-electron chi connectivity index (χ1n) is 14.6. The number of hydrogen-bond donors (Lipinski definition) is 2. The summed E-state index contributed by atoms with van der Waals surface area (Å²) in [4.78, 5) is 20.9. The topological polar surface area (TPSA) is 125 Å². The number of hydrogen-bond acceptors (Lipinski definition) is 8. The van der Waals surface area contributed by atoms with Crippen molar-refractivity contribution in [3.63, 3.8) is 0 Å². The minimum atomic E-state index is 0.795. The molecule has 0 aliphatic rings. The molecule has 12 heteroatoms. The molecular weight excluding hydrogens is 552 g/mol. The Labute approximate surface area is 254 Å². The summed E-state index contributed by atoms with van der Waals surface area (Å²) < 4.78 is 3.75. The monoisotopic (exact) mass is 586 g/mol. The highest BCUT2D eigenvalue weighted by Gasteiger charge is 2.12. The summed E-state index contributed by atoms with van der Waals surface area (Å²) in [6, 6.07) is 20.5. The molecule has 7 rings (SSSR count). The van der Waals surface area contributed by atoms with Gasteiger partial charge in [-0.15, -0.1) is 10.2 Å². The van der Waals surface area contributed by atoms with Crippen molar-refractivity contribution in [1.82, 2.24) is 59.7 Å². The zero-order chi connectivity index (χ0) is 30.2. The van der Waals surface area contributed by atoms with Gasteiger partial charge in [0.25, 0.3) is 0 Å². The smallest absolute Gasteiger partial charge is 0.138 e. The van der Waals surface area contributed by atoms with E-state index in [1.54, 1.807) is 0 Å². The SMILES string of the molecule is CN(C)CCn1cc(-c2ccc3nc(-c4ccc(-c5nc6ccc(-c7cn(CCN(C)C)nn7)cc6[nH]5)cc4)[nH]c3c2)nn1. The lowest BCUT2D eigenvalue weighted by atomic mass is 10.1. The quantitative estimate of drug-likeness (QED) is 0.241. The third-order valence-corrected chi connectivity index (χ3v) is 7.62. The fraction of sp³-hybridized carbons (Fsp3) is 0.250. The van der Waals surface area contributed by atoms with Crippen LogP contribution in [0.1, 0.15) is 0 Å². The lowest BCUT2D eigenvalue weighted by Crippen LogP contribution is -2.18. The fourth-order valence-electron chi connectivity index (χ4n) is 5.08. The Bertz CT molecular complexity index is 1890. The maximum atomic E-state index is 4.83. The number of likely N-dealkylation sites (N-methyl/N-ethyl adjacent to an activating group) is 2. The van der Waals surface area contributed by atoms with E-state index in [-0.39, 0.29) is 0 Å². The summed E-state index contributed by atoms with van der Waals surface area (Å²) in [6.07, 6.45) is 3.97. The minimum Gasteiger partial charge on any atom is -0.338 e. The predicted octanol–water partition coefficient (Wildman–Crippen LogP) is 4.41. The molecule has 222 valence electrons. The van der Waals surface area contributed by atoms with Gasteiger partial charge in [0, 0.05) is 35.3 Å². The van der Waals surface area contributed by atoms with Crippen LogP contribution >= 0.6 is 0 Å². The van der Waals surface area contributed by atoms with Crippen molar-refractivity contribution >= 4 is 22.1 Å². The van der Waals surface area contributed by atoms with Crippen LogP contribution in [0.5, 0.6) is 0 Å². The highest BCUT2D eigenvalue weighted by molar-refractivity contribution is 5.85. The van der Waals surface area contributed by atoms with Crippen LogP contribution < -0.4 is 0 Å². The van der Waals surface area contributed by atoms with E-state index >= 15 is 0 Å². The van der Waals surface area contributed by atoms with Gasteiger partial charge in [0.2, 0.25) is 0 Å². The summed E-state index contributed by atoms with van der Waals surface area (Å²) >= 11 is 0. The second kappa shape index (κ2) is 11.5. The Morgan fingerprint density at radius 1 is 0.568 bits per heavy atom. The first kappa shape index (κ1) is 27.6. The van der Waals surface area contributed by atoms with Crippen molar-refractivity contribution in [2.75, 3.05) is 41.3 Å². The molecule has 0 atom stereocenters. The van der Waals surface area contributed by atoms with Gasteiger partial charge in [-0.3, -0.25) is 9.36 Å². The first-order valence-corrected chi connectivity index (χ1v) is 14.6. The van der Waals surface area contributed by atoms with Gasteiger partial charge in [-0.05, 0) is 52.5 Å². The molecule has 44 heavy (non-hydrogen) atoms. The molecular formula is C32H34N12. The van der Waals surface area contributed by atoms with Crippen LogP contribution in [0.4, 0.5) is 0 Å². The molecule has 2 N–H and O–H groups in total. The minimum absolute atomic E-state index is 0.795. The zero-order valence-corrected chi connectivity index (χ0v) is 25.2. The Morgan fingerprint density at radius 3 is 1.39 bits per heavy atom. The van der Waals surface area contributed by atoms with E-state index in [9.17, 15) is 0 Å². The Morgan fingerprint density at radius 2 is 0.977 bits per heavy atom. The number of nitrogens with zero attached hydrogens (tertiary/aromatic N) is 10. The average molecular weight is 587 g/mol. The molecule has 7 aromatic rings. The van der Waals surface area contributed by atoms with Crippen molar-refractivity contribution in [3.05, 3.63) is 73.1 Å². The lowest BCUT2D eigenvalue weighted by Gasteiger charge is -2.07. The van der Waals surface area contributed by atoms with Gasteiger partial charge in [0.05, 0.1) is 47.6 Å². The van der Waals surface area contributed by atoms with E-state index in [0.717, 1.165) is 93.5 Å². The number of nitrogens with one attached hydrogen (secondary N) is 2. The van der Waals surface area contributed by atoms with Crippen LogP contribution in [-0.4, -0.2) is 101 Å². The fourth-order valence-corrected chi connectivity index (χ4v) is 5.08. The van der Waals surface area contributed by atoms with Crippen LogP contribution in [0.15, 0.2) is 73.1 Å². The summed E-state index contributed by atoms with van der Waals surface area (Å²) in [7, 11) is 8.20. The van der Waals surface area contributed by atoms with Crippen LogP contribution in [0.2, 0.25) is 0 Å². The summed E-state index contributed by atoms with van der Waals surface area (Å²) in [5.74, 6) is 1.62. The van der Waals surface area contributed by atoms with E-state index in [2.05, 4.69) is 76.8 Å². The van der Waals surface area contributed by atoms with E-state index in [1.807, 2.05) is 74.2 Å². The zero-order valence-electron chi connectivity index (χ0n) is 25.2. The van der Waals surface area contributed by atoms with Crippen molar-refractivity contribution in [2.24, 2.45) is 0 Å². The highest BCUT2D eigenvalue weighted by Crippen LogP contribution is 2.28. The molecule has 0 radical (unpaired) electrons. The van der Waals surface area contributed by atoms with Crippen LogP contribution in [0.25, 0.3) is 67.4 Å². The van der Waals surface area contributed by atoms with Gasteiger partial charge >= 0.3 is 0 Å². The first-order chi connectivity index (χ1) is 21.4. The number of rotatable bonds is 10. The lowest BCUT2D eigenvalue weighted by molar-refractivity contribution is 0.370. The van der Waals surface area contributed by atoms with Crippen LogP contribution in [0, 0.1) is 0 Å². The number of imidazole rings is 2. The molecule has 0 saturated heterocycles. The maximum Gasteiger partial charge on any atom is 0.138 e. The number of aromatic nitrogens is 10. The van der Waals surface area contributed by atoms with Crippen LogP contribution in [-0.2, 0) is 13.1 Å². The molecule has 4 heterocycles. The Kier molecular flexibility index (Phi) is 7.20. The molecule has 12 nitrogen and oxygen atoms in total. The number of fused-ring (bicyclic) bond motifs is 2. The largest absolute Gasteiger partial charge is 0.338 e. The Hall–Kier alpha value is -5.20. The van der Waals surface area contributed by atoms with E-state index in [4.69, 9.17) is 9.97 Å². The third-order valence-electron chi connectivity index (χ3n) is 7.62. The molecule has 0 amide bonds. The van der Waals surface area contributed by atoms with Crippen molar-refractivity contribution in [3.8, 4) is 45.3 Å². The summed E-state index contributed by atoms with van der Waals surface area (Å²) in [5.41, 5.74) is 9.39. The van der Waals surface area contributed by atoms with Gasteiger partial charge in [0.15, 0.2) is 0 Å². The second-order valence-corrected chi connectivity index (χ2v) is 11.6. The van der Waals surface area contributed by atoms with Gasteiger partial charge in [-0.2, -0.15) is 0 Å².